The first-order chi connectivity index (χ1) is 23.8. The van der Waals surface area contributed by atoms with E-state index >= 15 is 0 Å². The van der Waals surface area contributed by atoms with E-state index in [0.717, 1.165) is 55.9 Å². The van der Waals surface area contributed by atoms with E-state index in [9.17, 15) is 18.0 Å². The number of nitrogen functional groups attached to an aromatic ring is 1. The summed E-state index contributed by atoms with van der Waals surface area (Å²) in [6, 6.07) is 5.99. The van der Waals surface area contributed by atoms with Gasteiger partial charge >= 0.3 is 12.2 Å². The van der Waals surface area contributed by atoms with Crippen molar-refractivity contribution < 1.29 is 27.4 Å². The SMILES string of the molecule is C=CC(=O)N1CC2(CCN(c3nc(OC4CC(N(C)C)C4)nc4c(OCC(F)(F)F)c(-c5c(C)ccc(N)c5C=N)c(C5CC5)cc34)CC2)C1. The van der Waals surface area contributed by atoms with E-state index in [4.69, 9.17) is 30.6 Å². The maximum absolute atomic E-state index is 13.9. The molecular formula is C37H44F3N7O3. The highest BCUT2D eigenvalue weighted by atomic mass is 19.4. The molecule has 7 rings (SSSR count). The molecule has 3 aromatic rings. The van der Waals surface area contributed by atoms with E-state index in [0.29, 0.717) is 65.8 Å². The van der Waals surface area contributed by atoms with Crippen molar-refractivity contribution in [3.8, 4) is 22.9 Å². The quantitative estimate of drug-likeness (QED) is 0.149. The summed E-state index contributed by atoms with van der Waals surface area (Å²) in [5.41, 5.74) is 10.0. The van der Waals surface area contributed by atoms with Gasteiger partial charge in [0, 0.05) is 78.9 Å². The number of aryl methyl sites for hydroxylation is 1. The van der Waals surface area contributed by atoms with Crippen molar-refractivity contribution in [1.29, 1.82) is 5.41 Å². The number of fused-ring (bicyclic) bond motifs is 1. The Balaban J connectivity index is 1.38. The third-order valence-corrected chi connectivity index (χ3v) is 10.9. The number of hydrogen-bond donors (Lipinski definition) is 2. The number of carbonyl (C=O) groups excluding carboxylic acids is 1. The number of rotatable bonds is 10. The fraction of sp³-hybridized carbons (Fsp3) is 0.514. The van der Waals surface area contributed by atoms with Crippen LogP contribution in [0.2, 0.25) is 0 Å². The Kier molecular flexibility index (Phi) is 8.68. The topological polar surface area (TPSA) is 121 Å². The largest absolute Gasteiger partial charge is 0.481 e. The van der Waals surface area contributed by atoms with Crippen LogP contribution in [0, 0.1) is 17.7 Å². The first kappa shape index (κ1) is 34.1. The number of aromatic nitrogens is 2. The number of alkyl halides is 3. The second kappa shape index (κ2) is 12.7. The molecule has 2 saturated heterocycles. The zero-order valence-electron chi connectivity index (χ0n) is 28.8. The van der Waals surface area contributed by atoms with Gasteiger partial charge in [-0.1, -0.05) is 12.6 Å². The van der Waals surface area contributed by atoms with Gasteiger partial charge in [-0.25, -0.2) is 0 Å². The smallest absolute Gasteiger partial charge is 0.422 e. The predicted octanol–water partition coefficient (Wildman–Crippen LogP) is 6.09. The van der Waals surface area contributed by atoms with Crippen LogP contribution >= 0.6 is 0 Å². The molecule has 2 aliphatic heterocycles. The molecule has 0 radical (unpaired) electrons. The van der Waals surface area contributed by atoms with E-state index < -0.39 is 12.8 Å². The van der Waals surface area contributed by atoms with Crippen LogP contribution in [-0.4, -0.2) is 97.1 Å². The molecule has 1 aromatic heterocycles. The van der Waals surface area contributed by atoms with Gasteiger partial charge in [0.05, 0.1) is 0 Å². The van der Waals surface area contributed by atoms with Gasteiger partial charge in [0.15, 0.2) is 12.4 Å². The standard InChI is InChI=1S/C37H44F3N7O3/c1-5-29(48)47-18-36(19-47)10-12-46(13-11-36)34-26-16-25(22-7-8-22)31(30-21(2)6-9-28(42)27(30)17-41)33(49-20-37(38,39)40)32(26)43-35(44-34)50-24-14-23(15-24)45(3)4/h5-6,9,16-17,22-24,41H,1,7-8,10-15,18-20,42H2,2-4H3. The molecule has 50 heavy (non-hydrogen) atoms. The number of benzene rings is 2. The van der Waals surface area contributed by atoms with Crippen molar-refractivity contribution >= 4 is 34.5 Å². The maximum atomic E-state index is 13.9. The minimum Gasteiger partial charge on any atom is -0.481 e. The minimum absolute atomic E-state index is 0.00199. The lowest BCUT2D eigenvalue weighted by atomic mass is 9.72. The molecule has 0 atom stereocenters. The zero-order chi connectivity index (χ0) is 35.5. The Bertz CT molecular complexity index is 1840. The van der Waals surface area contributed by atoms with Gasteiger partial charge in [0.25, 0.3) is 0 Å². The van der Waals surface area contributed by atoms with Crippen molar-refractivity contribution in [2.45, 2.75) is 69.7 Å². The molecule has 0 unspecified atom stereocenters. The highest BCUT2D eigenvalue weighted by Gasteiger charge is 2.47. The van der Waals surface area contributed by atoms with Crippen molar-refractivity contribution in [2.75, 3.05) is 57.5 Å². The first-order valence-electron chi connectivity index (χ1n) is 17.3. The van der Waals surface area contributed by atoms with Crippen LogP contribution in [0.5, 0.6) is 11.8 Å². The van der Waals surface area contributed by atoms with Gasteiger partial charge in [-0.15, -0.1) is 0 Å². The number of halogens is 3. The average Bonchev–Trinajstić information content (AvgIpc) is 3.89. The molecule has 4 aliphatic rings. The van der Waals surface area contributed by atoms with E-state index in [1.54, 1.807) is 6.07 Å². The van der Waals surface area contributed by atoms with E-state index in [-0.39, 0.29) is 40.6 Å². The van der Waals surface area contributed by atoms with Gasteiger partial charge in [0.1, 0.15) is 17.4 Å². The Morgan fingerprint density at radius 2 is 1.86 bits per heavy atom. The molecule has 3 N–H and O–H groups in total. The number of nitrogens with two attached hydrogens (primary N) is 1. The second-order valence-corrected chi connectivity index (χ2v) is 14.7. The predicted molar refractivity (Wildman–Crippen MR) is 187 cm³/mol. The number of likely N-dealkylation sites (tertiary alicyclic amines) is 1. The van der Waals surface area contributed by atoms with Crippen LogP contribution in [-0.2, 0) is 4.79 Å². The molecule has 266 valence electrons. The Morgan fingerprint density at radius 3 is 2.46 bits per heavy atom. The van der Waals surface area contributed by atoms with Gasteiger partial charge < -0.3 is 35.3 Å². The molecule has 0 bridgehead atoms. The summed E-state index contributed by atoms with van der Waals surface area (Å²) in [7, 11) is 4.04. The molecule has 2 aliphatic carbocycles. The van der Waals surface area contributed by atoms with Gasteiger partial charge in [-0.05, 0) is 87.5 Å². The monoisotopic (exact) mass is 691 g/mol. The molecule has 3 heterocycles. The number of anilines is 2. The van der Waals surface area contributed by atoms with Crippen LogP contribution in [0.25, 0.3) is 22.0 Å². The van der Waals surface area contributed by atoms with E-state index in [1.165, 1.54) is 6.08 Å². The number of amides is 1. The van der Waals surface area contributed by atoms with Crippen LogP contribution in [0.1, 0.15) is 61.1 Å². The summed E-state index contributed by atoms with van der Waals surface area (Å²) in [5.74, 6) is 0.628. The molecular weight excluding hydrogens is 647 g/mol. The van der Waals surface area contributed by atoms with Gasteiger partial charge in [-0.3, -0.25) is 4.79 Å². The van der Waals surface area contributed by atoms with Crippen molar-refractivity contribution in [3.63, 3.8) is 0 Å². The number of piperidine rings is 1. The Morgan fingerprint density at radius 1 is 1.16 bits per heavy atom. The zero-order valence-corrected chi connectivity index (χ0v) is 28.8. The van der Waals surface area contributed by atoms with Gasteiger partial charge in [0.2, 0.25) is 5.91 Å². The molecule has 13 heteroatoms. The number of carbonyl (C=O) groups is 1. The maximum Gasteiger partial charge on any atom is 0.422 e. The number of nitrogens with one attached hydrogen (secondary N) is 1. The van der Waals surface area contributed by atoms with Crippen LogP contribution in [0.4, 0.5) is 24.7 Å². The molecule has 4 fully saturated rings. The highest BCUT2D eigenvalue weighted by Crippen LogP contribution is 2.53. The molecule has 2 aromatic carbocycles. The third kappa shape index (κ3) is 6.36. The molecule has 1 spiro atoms. The van der Waals surface area contributed by atoms with Crippen LogP contribution in [0.3, 0.4) is 0 Å². The fourth-order valence-corrected chi connectivity index (χ4v) is 7.78. The van der Waals surface area contributed by atoms with Crippen molar-refractivity contribution in [1.82, 2.24) is 19.8 Å². The van der Waals surface area contributed by atoms with Gasteiger partial charge in [-0.2, -0.15) is 23.1 Å². The average molecular weight is 692 g/mol. The molecule has 10 nitrogen and oxygen atoms in total. The Hall–Kier alpha value is -4.39. The number of nitrogens with zero attached hydrogens (tertiary/aromatic N) is 5. The van der Waals surface area contributed by atoms with E-state index in [2.05, 4.69) is 16.4 Å². The van der Waals surface area contributed by atoms with Crippen LogP contribution < -0.4 is 20.1 Å². The summed E-state index contributed by atoms with van der Waals surface area (Å²) in [4.78, 5) is 28.1. The fourth-order valence-electron chi connectivity index (χ4n) is 7.78. The lowest BCUT2D eigenvalue weighted by molar-refractivity contribution is -0.153. The first-order valence-corrected chi connectivity index (χ1v) is 17.3. The summed E-state index contributed by atoms with van der Waals surface area (Å²) in [6.45, 7) is 6.62. The molecule has 2 saturated carbocycles. The lowest BCUT2D eigenvalue weighted by Gasteiger charge is -2.54. The number of hydrogen-bond acceptors (Lipinski definition) is 9. The van der Waals surface area contributed by atoms with E-state index in [1.807, 2.05) is 38.1 Å². The van der Waals surface area contributed by atoms with Crippen molar-refractivity contribution in [2.24, 2.45) is 5.41 Å². The second-order valence-electron chi connectivity index (χ2n) is 14.7. The summed E-state index contributed by atoms with van der Waals surface area (Å²) in [6.07, 6.45) is 2.73. The summed E-state index contributed by atoms with van der Waals surface area (Å²) in [5, 5.41) is 8.85. The van der Waals surface area contributed by atoms with Crippen molar-refractivity contribution in [3.05, 3.63) is 47.5 Å². The third-order valence-electron chi connectivity index (χ3n) is 10.9. The lowest BCUT2D eigenvalue weighted by Crippen LogP contribution is -2.61. The number of ether oxygens (including phenoxy) is 2. The molecule has 1 amide bonds. The van der Waals surface area contributed by atoms with Crippen LogP contribution in [0.15, 0.2) is 30.9 Å². The normalized spacial score (nSPS) is 21.6. The minimum atomic E-state index is -4.61. The Labute approximate surface area is 289 Å². The summed E-state index contributed by atoms with van der Waals surface area (Å²) >= 11 is 0. The summed E-state index contributed by atoms with van der Waals surface area (Å²) < 4.78 is 54.0. The highest BCUT2D eigenvalue weighted by molar-refractivity contribution is 6.05.